The third-order valence-corrected chi connectivity index (χ3v) is 7.47. The number of aromatic nitrogens is 1. The molecular formula is C30H31BrN2O6S. The molecule has 3 aromatic rings. The Bertz CT molecular complexity index is 1650. The van der Waals surface area contributed by atoms with Gasteiger partial charge in [0.25, 0.3) is 5.56 Å². The second-order valence-corrected chi connectivity index (χ2v) is 11.1. The average Bonchev–Trinajstić information content (AvgIpc) is 3.21. The molecule has 1 atom stereocenters. The highest BCUT2D eigenvalue weighted by atomic mass is 79.9. The van der Waals surface area contributed by atoms with Gasteiger partial charge in [-0.3, -0.25) is 9.36 Å². The summed E-state index contributed by atoms with van der Waals surface area (Å²) in [4.78, 5) is 32.5. The molecule has 0 saturated heterocycles. The second kappa shape index (κ2) is 12.7. The fourth-order valence-electron chi connectivity index (χ4n) is 4.38. The summed E-state index contributed by atoms with van der Waals surface area (Å²) >= 11 is 4.77. The van der Waals surface area contributed by atoms with Crippen molar-refractivity contribution in [3.63, 3.8) is 0 Å². The topological polar surface area (TPSA) is 88.4 Å². The van der Waals surface area contributed by atoms with Gasteiger partial charge in [0.15, 0.2) is 16.3 Å². The van der Waals surface area contributed by atoms with Crippen LogP contribution in [0.4, 0.5) is 0 Å². The van der Waals surface area contributed by atoms with E-state index in [9.17, 15) is 9.59 Å². The molecule has 210 valence electrons. The minimum Gasteiger partial charge on any atom is -0.496 e. The normalized spacial score (nSPS) is 15.0. The van der Waals surface area contributed by atoms with Crippen molar-refractivity contribution in [1.82, 2.24) is 4.57 Å². The van der Waals surface area contributed by atoms with Gasteiger partial charge in [-0.25, -0.2) is 9.79 Å². The first-order valence-corrected chi connectivity index (χ1v) is 14.4. The predicted molar refractivity (Wildman–Crippen MR) is 159 cm³/mol. The van der Waals surface area contributed by atoms with Gasteiger partial charge in [-0.05, 0) is 69.7 Å². The van der Waals surface area contributed by atoms with Gasteiger partial charge in [0, 0.05) is 10.0 Å². The number of carbonyl (C=O) groups excluding carboxylic acids is 1. The maximum atomic E-state index is 14.0. The van der Waals surface area contributed by atoms with Crippen LogP contribution in [-0.4, -0.2) is 37.0 Å². The van der Waals surface area contributed by atoms with E-state index < -0.39 is 12.0 Å². The van der Waals surface area contributed by atoms with Crippen molar-refractivity contribution in [1.29, 1.82) is 0 Å². The molecule has 40 heavy (non-hydrogen) atoms. The van der Waals surface area contributed by atoms with Gasteiger partial charge < -0.3 is 18.9 Å². The maximum absolute atomic E-state index is 14.0. The lowest BCUT2D eigenvalue weighted by Gasteiger charge is -2.26. The largest absolute Gasteiger partial charge is 0.496 e. The van der Waals surface area contributed by atoms with E-state index in [1.807, 2.05) is 31.2 Å². The van der Waals surface area contributed by atoms with Crippen molar-refractivity contribution in [2.75, 3.05) is 20.3 Å². The Kier molecular flexibility index (Phi) is 9.32. The Balaban J connectivity index is 1.92. The first-order chi connectivity index (χ1) is 19.2. The molecule has 0 amide bonds. The minimum absolute atomic E-state index is 0.284. The summed E-state index contributed by atoms with van der Waals surface area (Å²) in [6.07, 6.45) is 3.10. The first kappa shape index (κ1) is 29.4. The molecule has 0 aliphatic carbocycles. The predicted octanol–water partition coefficient (Wildman–Crippen LogP) is 4.92. The molecule has 1 aliphatic rings. The Morgan fingerprint density at radius 2 is 1.93 bits per heavy atom. The summed E-state index contributed by atoms with van der Waals surface area (Å²) in [7, 11) is 1.55. The number of benzene rings is 2. The standard InChI is InChI=1S/C30H31BrN2O6S/c1-7-13-38-23-11-9-19(14-24(23)37-8-2)15-25-28(34)33-27(21-16-20(31)10-12-22(21)36-6)26(29(35)39-17(3)4)18(5)32-30(33)40-25/h7,9-12,14-17,27H,1,8,13H2,2-6H3/b25-15-/t27-/m1/s1. The van der Waals surface area contributed by atoms with E-state index in [1.165, 1.54) is 15.9 Å². The highest BCUT2D eigenvalue weighted by molar-refractivity contribution is 9.10. The third kappa shape index (κ3) is 6.08. The fourth-order valence-corrected chi connectivity index (χ4v) is 5.80. The number of nitrogens with zero attached hydrogens (tertiary/aromatic N) is 2. The van der Waals surface area contributed by atoms with E-state index in [0.717, 1.165) is 10.0 Å². The molecule has 8 nitrogen and oxygen atoms in total. The smallest absolute Gasteiger partial charge is 0.338 e. The second-order valence-electron chi connectivity index (χ2n) is 9.16. The van der Waals surface area contributed by atoms with Gasteiger partial charge in [0.2, 0.25) is 0 Å². The van der Waals surface area contributed by atoms with Gasteiger partial charge in [-0.15, -0.1) is 0 Å². The molecular weight excluding hydrogens is 596 g/mol. The van der Waals surface area contributed by atoms with Crippen LogP contribution < -0.4 is 29.1 Å². The number of fused-ring (bicyclic) bond motifs is 1. The molecule has 2 heterocycles. The zero-order chi connectivity index (χ0) is 29.0. The van der Waals surface area contributed by atoms with Crippen LogP contribution in [0.1, 0.15) is 44.9 Å². The molecule has 0 fully saturated rings. The number of hydrogen-bond acceptors (Lipinski definition) is 8. The summed E-state index contributed by atoms with van der Waals surface area (Å²) in [5, 5.41) is 0. The number of ether oxygens (including phenoxy) is 4. The number of thiazole rings is 1. The highest BCUT2D eigenvalue weighted by Gasteiger charge is 2.35. The molecule has 4 rings (SSSR count). The van der Waals surface area contributed by atoms with Crippen LogP contribution in [0.5, 0.6) is 17.2 Å². The number of carbonyl (C=O) groups is 1. The Morgan fingerprint density at radius 3 is 2.60 bits per heavy atom. The van der Waals surface area contributed by atoms with Crippen molar-refractivity contribution in [2.45, 2.75) is 39.8 Å². The summed E-state index contributed by atoms with van der Waals surface area (Å²) in [6.45, 7) is 11.7. The third-order valence-electron chi connectivity index (χ3n) is 5.99. The molecule has 0 radical (unpaired) electrons. The molecule has 10 heteroatoms. The molecule has 1 aromatic heterocycles. The maximum Gasteiger partial charge on any atom is 0.338 e. The summed E-state index contributed by atoms with van der Waals surface area (Å²) in [5.41, 5.74) is 1.87. The van der Waals surface area contributed by atoms with Crippen molar-refractivity contribution >= 4 is 39.3 Å². The monoisotopic (exact) mass is 626 g/mol. The number of methoxy groups -OCH3 is 1. The van der Waals surface area contributed by atoms with Gasteiger partial charge >= 0.3 is 5.97 Å². The van der Waals surface area contributed by atoms with Crippen LogP contribution in [0.3, 0.4) is 0 Å². The first-order valence-electron chi connectivity index (χ1n) is 12.8. The lowest BCUT2D eigenvalue weighted by molar-refractivity contribution is -0.143. The van der Waals surface area contributed by atoms with Crippen LogP contribution >= 0.6 is 27.3 Å². The van der Waals surface area contributed by atoms with E-state index in [1.54, 1.807) is 52.2 Å². The lowest BCUT2D eigenvalue weighted by atomic mass is 9.95. The fraction of sp³-hybridized carbons (Fsp3) is 0.300. The van der Waals surface area contributed by atoms with E-state index in [0.29, 0.717) is 51.1 Å². The zero-order valence-corrected chi connectivity index (χ0v) is 25.4. The van der Waals surface area contributed by atoms with Gasteiger partial charge in [0.1, 0.15) is 18.4 Å². The summed E-state index contributed by atoms with van der Waals surface area (Å²) < 4.78 is 25.5. The molecule has 2 aromatic carbocycles. The molecule has 1 aliphatic heterocycles. The van der Waals surface area contributed by atoms with Crippen molar-refractivity contribution < 1.29 is 23.7 Å². The van der Waals surface area contributed by atoms with Crippen molar-refractivity contribution in [3.05, 3.63) is 95.6 Å². The minimum atomic E-state index is -0.800. The molecule has 0 spiro atoms. The van der Waals surface area contributed by atoms with Crippen LogP contribution in [0, 0.1) is 0 Å². The van der Waals surface area contributed by atoms with Gasteiger partial charge in [-0.1, -0.05) is 46.0 Å². The average molecular weight is 628 g/mol. The van der Waals surface area contributed by atoms with E-state index in [4.69, 9.17) is 18.9 Å². The van der Waals surface area contributed by atoms with Crippen LogP contribution in [-0.2, 0) is 9.53 Å². The zero-order valence-electron chi connectivity index (χ0n) is 23.0. The number of rotatable bonds is 10. The van der Waals surface area contributed by atoms with Crippen LogP contribution in [0.25, 0.3) is 6.08 Å². The van der Waals surface area contributed by atoms with Crippen molar-refractivity contribution in [2.24, 2.45) is 4.99 Å². The van der Waals surface area contributed by atoms with Gasteiger partial charge in [-0.2, -0.15) is 0 Å². The Hall–Kier alpha value is -3.63. The van der Waals surface area contributed by atoms with Crippen molar-refractivity contribution in [3.8, 4) is 17.2 Å². The van der Waals surface area contributed by atoms with Crippen LogP contribution in [0.15, 0.2) is 74.6 Å². The number of hydrogen-bond donors (Lipinski definition) is 0. The Morgan fingerprint density at radius 1 is 1.18 bits per heavy atom. The molecule has 0 unspecified atom stereocenters. The lowest BCUT2D eigenvalue weighted by Crippen LogP contribution is -2.40. The number of allylic oxidation sites excluding steroid dienone is 1. The molecule has 0 N–H and O–H groups in total. The highest BCUT2D eigenvalue weighted by Crippen LogP contribution is 2.37. The Labute approximate surface area is 245 Å². The van der Waals surface area contributed by atoms with E-state index in [2.05, 4.69) is 27.5 Å². The quantitative estimate of drug-likeness (QED) is 0.234. The number of halogens is 1. The number of esters is 1. The van der Waals surface area contributed by atoms with Gasteiger partial charge in [0.05, 0.1) is 35.6 Å². The van der Waals surface area contributed by atoms with Crippen LogP contribution in [0.2, 0.25) is 0 Å². The van der Waals surface area contributed by atoms with E-state index >= 15 is 0 Å². The SMILES string of the molecule is C=CCOc1ccc(/C=c2\sc3n(c2=O)[C@H](c2cc(Br)ccc2OC)C(C(=O)OC(C)C)=C(C)N=3)cc1OCC. The van der Waals surface area contributed by atoms with E-state index in [-0.39, 0.29) is 17.2 Å². The molecule has 0 bridgehead atoms. The summed E-state index contributed by atoms with van der Waals surface area (Å²) in [5.74, 6) is 1.15. The molecule has 0 saturated carbocycles. The summed E-state index contributed by atoms with van der Waals surface area (Å²) in [6, 6.07) is 10.2.